The van der Waals surface area contributed by atoms with Gasteiger partial charge in [-0.2, -0.15) is 5.26 Å². The van der Waals surface area contributed by atoms with Crippen molar-refractivity contribution < 1.29 is 18.8 Å². The molecule has 228 valence electrons. The predicted octanol–water partition coefficient (Wildman–Crippen LogP) is 8.22. The monoisotopic (exact) mass is 666 g/mol. The van der Waals surface area contributed by atoms with Crippen molar-refractivity contribution in [3.05, 3.63) is 142 Å². The van der Waals surface area contributed by atoms with Crippen LogP contribution in [0.2, 0.25) is 5.02 Å². The van der Waals surface area contributed by atoms with Crippen molar-refractivity contribution in [3.63, 3.8) is 0 Å². The standard InChI is InChI=1S/C35H24ClFN4O3S2/c36-29-15-8-16-30(37)26(29)18-31(40-33(43)23-11-5-2-6-12-23)34(44)39-24-13-7-14-25(17-24)45-21-32(42)41-35-27(19-38)28(20-46-35)22-9-3-1-4-10-22/h1-18,20H,21H2,(H,39,44)(H,40,43)(H,41,42)/b31-18+. The molecule has 0 atom stereocenters. The van der Waals surface area contributed by atoms with E-state index in [9.17, 15) is 24.0 Å². The summed E-state index contributed by atoms with van der Waals surface area (Å²) in [5.41, 5.74) is 2.45. The Hall–Kier alpha value is -5.21. The minimum absolute atomic E-state index is 0.0465. The van der Waals surface area contributed by atoms with Crippen LogP contribution in [-0.2, 0) is 9.59 Å². The lowest BCUT2D eigenvalue weighted by molar-refractivity contribution is -0.114. The molecule has 0 unspecified atom stereocenters. The number of hydrogen-bond acceptors (Lipinski definition) is 6. The number of nitriles is 1. The maximum atomic E-state index is 14.6. The molecule has 1 aromatic heterocycles. The fraction of sp³-hybridized carbons (Fsp3) is 0.0286. The van der Waals surface area contributed by atoms with Gasteiger partial charge in [-0.25, -0.2) is 4.39 Å². The Balaban J connectivity index is 1.27. The van der Waals surface area contributed by atoms with Gasteiger partial charge in [0, 0.05) is 32.7 Å². The molecule has 5 aromatic rings. The van der Waals surface area contributed by atoms with Gasteiger partial charge in [-0.1, -0.05) is 72.3 Å². The predicted molar refractivity (Wildman–Crippen MR) is 182 cm³/mol. The Bertz CT molecular complexity index is 1950. The number of halogens is 2. The second kappa shape index (κ2) is 15.2. The van der Waals surface area contributed by atoms with Crippen molar-refractivity contribution in [3.8, 4) is 17.2 Å². The highest BCUT2D eigenvalue weighted by Gasteiger charge is 2.18. The van der Waals surface area contributed by atoms with E-state index >= 15 is 0 Å². The molecule has 0 saturated heterocycles. The first-order chi connectivity index (χ1) is 22.3. The maximum Gasteiger partial charge on any atom is 0.272 e. The SMILES string of the molecule is N#Cc1c(-c2ccccc2)csc1NC(=O)CSc1cccc(NC(=O)/C(=C\c2c(F)cccc2Cl)NC(=O)c2ccccc2)c1. The summed E-state index contributed by atoms with van der Waals surface area (Å²) in [6.45, 7) is 0. The molecule has 46 heavy (non-hydrogen) atoms. The topological polar surface area (TPSA) is 111 Å². The minimum atomic E-state index is -0.709. The molecule has 4 aromatic carbocycles. The molecule has 0 saturated carbocycles. The van der Waals surface area contributed by atoms with Crippen LogP contribution in [0.3, 0.4) is 0 Å². The van der Waals surface area contributed by atoms with Crippen LogP contribution in [0.25, 0.3) is 17.2 Å². The number of hydrogen-bond donors (Lipinski definition) is 3. The van der Waals surface area contributed by atoms with Gasteiger partial charge in [-0.3, -0.25) is 14.4 Å². The average Bonchev–Trinajstić information content (AvgIpc) is 3.48. The summed E-state index contributed by atoms with van der Waals surface area (Å²) in [6, 6.07) is 30.8. The minimum Gasteiger partial charge on any atom is -0.321 e. The number of carbonyl (C=O) groups is 3. The van der Waals surface area contributed by atoms with Crippen LogP contribution < -0.4 is 16.0 Å². The Kier molecular flexibility index (Phi) is 10.6. The highest BCUT2D eigenvalue weighted by Crippen LogP contribution is 2.35. The summed E-state index contributed by atoms with van der Waals surface area (Å²) in [7, 11) is 0. The third kappa shape index (κ3) is 8.08. The molecule has 0 radical (unpaired) electrons. The van der Waals surface area contributed by atoms with Gasteiger partial charge in [-0.15, -0.1) is 23.1 Å². The molecule has 0 spiro atoms. The molecule has 7 nitrogen and oxygen atoms in total. The summed E-state index contributed by atoms with van der Waals surface area (Å²) in [5, 5.41) is 20.2. The zero-order valence-corrected chi connectivity index (χ0v) is 26.3. The average molecular weight is 667 g/mol. The highest BCUT2D eigenvalue weighted by molar-refractivity contribution is 8.00. The van der Waals surface area contributed by atoms with Crippen molar-refractivity contribution in [2.24, 2.45) is 0 Å². The zero-order valence-electron chi connectivity index (χ0n) is 23.9. The zero-order chi connectivity index (χ0) is 32.5. The van der Waals surface area contributed by atoms with Crippen molar-refractivity contribution >= 4 is 69.2 Å². The van der Waals surface area contributed by atoms with Gasteiger partial charge in [0.05, 0.1) is 16.3 Å². The molecule has 0 bridgehead atoms. The second-order valence-corrected chi connectivity index (χ2v) is 12.0. The molecule has 5 rings (SSSR count). The first-order valence-corrected chi connectivity index (χ1v) is 16.0. The number of thiophene rings is 1. The number of carbonyl (C=O) groups excluding carboxylic acids is 3. The fourth-order valence-corrected chi connectivity index (χ4v) is 6.21. The summed E-state index contributed by atoms with van der Waals surface area (Å²) in [5.74, 6) is -2.19. The molecule has 0 aliphatic rings. The van der Waals surface area contributed by atoms with E-state index in [1.807, 2.05) is 35.7 Å². The highest BCUT2D eigenvalue weighted by atomic mass is 35.5. The lowest BCUT2D eigenvalue weighted by Crippen LogP contribution is -2.30. The quantitative estimate of drug-likeness (QED) is 0.103. The van der Waals surface area contributed by atoms with Crippen molar-refractivity contribution in [2.75, 3.05) is 16.4 Å². The van der Waals surface area contributed by atoms with E-state index in [4.69, 9.17) is 11.6 Å². The number of anilines is 2. The lowest BCUT2D eigenvalue weighted by atomic mass is 10.1. The molecule has 3 N–H and O–H groups in total. The molecular formula is C35H24ClFN4O3S2. The summed E-state index contributed by atoms with van der Waals surface area (Å²) in [4.78, 5) is 39.8. The third-order valence-electron chi connectivity index (χ3n) is 6.52. The number of nitrogens with one attached hydrogen (secondary N) is 3. The van der Waals surface area contributed by atoms with Crippen molar-refractivity contribution in [1.29, 1.82) is 5.26 Å². The van der Waals surface area contributed by atoms with Crippen LogP contribution in [0.5, 0.6) is 0 Å². The maximum absolute atomic E-state index is 14.6. The molecule has 3 amide bonds. The van der Waals surface area contributed by atoms with Crippen LogP contribution in [0, 0.1) is 17.1 Å². The Morgan fingerprint density at radius 2 is 1.63 bits per heavy atom. The van der Waals surface area contributed by atoms with Gasteiger partial charge < -0.3 is 16.0 Å². The van der Waals surface area contributed by atoms with Crippen LogP contribution in [0.4, 0.5) is 15.1 Å². The van der Waals surface area contributed by atoms with Gasteiger partial charge >= 0.3 is 0 Å². The Morgan fingerprint density at radius 3 is 2.35 bits per heavy atom. The van der Waals surface area contributed by atoms with E-state index < -0.39 is 17.6 Å². The van der Waals surface area contributed by atoms with Gasteiger partial charge in [-0.05, 0) is 54.1 Å². The summed E-state index contributed by atoms with van der Waals surface area (Å²) >= 11 is 8.71. The normalized spacial score (nSPS) is 10.9. The van der Waals surface area contributed by atoms with Crippen molar-refractivity contribution in [2.45, 2.75) is 4.90 Å². The summed E-state index contributed by atoms with van der Waals surface area (Å²) < 4.78 is 14.6. The van der Waals surface area contributed by atoms with Crippen LogP contribution >= 0.6 is 34.7 Å². The molecular weight excluding hydrogens is 643 g/mol. The Labute approximate surface area is 277 Å². The van der Waals surface area contributed by atoms with Gasteiger partial charge in [0.1, 0.15) is 22.6 Å². The number of nitrogens with zero attached hydrogens (tertiary/aromatic N) is 1. The first kappa shape index (κ1) is 32.2. The fourth-order valence-electron chi connectivity index (χ4n) is 4.30. The van der Waals surface area contributed by atoms with Crippen molar-refractivity contribution in [1.82, 2.24) is 5.32 Å². The molecule has 11 heteroatoms. The van der Waals surface area contributed by atoms with E-state index in [1.54, 1.807) is 54.6 Å². The van der Waals surface area contributed by atoms with Gasteiger partial charge in [0.15, 0.2) is 0 Å². The van der Waals surface area contributed by atoms with E-state index in [-0.39, 0.29) is 27.9 Å². The van der Waals surface area contributed by atoms with Crippen LogP contribution in [0.15, 0.2) is 119 Å². The van der Waals surface area contributed by atoms with Gasteiger partial charge in [0.2, 0.25) is 5.91 Å². The van der Waals surface area contributed by atoms with Crippen LogP contribution in [-0.4, -0.2) is 23.5 Å². The second-order valence-electron chi connectivity index (χ2n) is 9.66. The van der Waals surface area contributed by atoms with Crippen LogP contribution in [0.1, 0.15) is 21.5 Å². The molecule has 0 aliphatic carbocycles. The summed E-state index contributed by atoms with van der Waals surface area (Å²) in [6.07, 6.45) is 1.18. The molecule has 0 aliphatic heterocycles. The Morgan fingerprint density at radius 1 is 0.913 bits per heavy atom. The number of thioether (sulfide) groups is 1. The smallest absolute Gasteiger partial charge is 0.272 e. The third-order valence-corrected chi connectivity index (χ3v) is 8.74. The number of rotatable bonds is 10. The van der Waals surface area contributed by atoms with Gasteiger partial charge in [0.25, 0.3) is 11.8 Å². The lowest BCUT2D eigenvalue weighted by Gasteiger charge is -2.13. The molecule has 1 heterocycles. The molecule has 0 fully saturated rings. The van der Waals surface area contributed by atoms with E-state index in [0.29, 0.717) is 26.7 Å². The largest absolute Gasteiger partial charge is 0.321 e. The van der Waals surface area contributed by atoms with E-state index in [1.165, 1.54) is 47.4 Å². The van der Waals surface area contributed by atoms with E-state index in [0.717, 1.165) is 11.1 Å². The van der Waals surface area contributed by atoms with E-state index in [2.05, 4.69) is 22.0 Å². The number of benzene rings is 4. The first-order valence-electron chi connectivity index (χ1n) is 13.8. The number of amides is 3.